The maximum Gasteiger partial charge on any atom is 0.240 e. The van der Waals surface area contributed by atoms with Gasteiger partial charge in [-0.3, -0.25) is 4.79 Å². The van der Waals surface area contributed by atoms with Crippen molar-refractivity contribution in [3.63, 3.8) is 0 Å². The lowest BCUT2D eigenvalue weighted by Gasteiger charge is -2.23. The van der Waals surface area contributed by atoms with E-state index in [1.54, 1.807) is 29.2 Å². The summed E-state index contributed by atoms with van der Waals surface area (Å²) in [5, 5.41) is 0. The number of nitrogens with zero attached hydrogens (tertiary/aromatic N) is 1. The van der Waals surface area contributed by atoms with Gasteiger partial charge in [0.1, 0.15) is 0 Å². The molecular formula is C19H24N2O3S. The summed E-state index contributed by atoms with van der Waals surface area (Å²) in [6.07, 6.45) is 0. The molecule has 1 amide bonds. The number of hydrogen-bond acceptors (Lipinski definition) is 3. The van der Waals surface area contributed by atoms with Crippen molar-refractivity contribution in [3.05, 3.63) is 59.2 Å². The van der Waals surface area contributed by atoms with Crippen LogP contribution in [0.25, 0.3) is 0 Å². The summed E-state index contributed by atoms with van der Waals surface area (Å²) < 4.78 is 27.2. The molecule has 6 heteroatoms. The van der Waals surface area contributed by atoms with Crippen LogP contribution in [0.4, 0.5) is 5.69 Å². The third-order valence-electron chi connectivity index (χ3n) is 3.98. The molecular weight excluding hydrogens is 336 g/mol. The van der Waals surface area contributed by atoms with Crippen molar-refractivity contribution in [1.82, 2.24) is 4.72 Å². The van der Waals surface area contributed by atoms with Gasteiger partial charge in [0.2, 0.25) is 15.9 Å². The Hall–Kier alpha value is -2.18. The minimum Gasteiger partial charge on any atom is -0.311 e. The van der Waals surface area contributed by atoms with Gasteiger partial charge in [-0.1, -0.05) is 35.4 Å². The Kier molecular flexibility index (Phi) is 5.98. The van der Waals surface area contributed by atoms with E-state index in [1.807, 2.05) is 39.0 Å². The van der Waals surface area contributed by atoms with Gasteiger partial charge in [-0.05, 0) is 44.5 Å². The Balaban J connectivity index is 2.09. The minimum atomic E-state index is -3.59. The maximum atomic E-state index is 12.3. The number of hydrogen-bond donors (Lipinski definition) is 1. The lowest BCUT2D eigenvalue weighted by Crippen LogP contribution is -2.37. The van der Waals surface area contributed by atoms with Gasteiger partial charge in [0.15, 0.2) is 0 Å². The molecule has 0 atom stereocenters. The van der Waals surface area contributed by atoms with Crippen LogP contribution < -0.4 is 9.62 Å². The largest absolute Gasteiger partial charge is 0.311 e. The van der Waals surface area contributed by atoms with Gasteiger partial charge in [0.25, 0.3) is 0 Å². The zero-order valence-electron chi connectivity index (χ0n) is 15.0. The monoisotopic (exact) mass is 360 g/mol. The number of sulfonamides is 1. The third-order valence-corrected chi connectivity index (χ3v) is 5.46. The number of benzene rings is 2. The molecule has 0 aliphatic rings. The fourth-order valence-electron chi connectivity index (χ4n) is 2.65. The summed E-state index contributed by atoms with van der Waals surface area (Å²) in [5.74, 6) is -0.124. The van der Waals surface area contributed by atoms with E-state index >= 15 is 0 Å². The first-order valence-corrected chi connectivity index (χ1v) is 9.61. The molecule has 25 heavy (non-hydrogen) atoms. The van der Waals surface area contributed by atoms with Gasteiger partial charge < -0.3 is 4.90 Å². The van der Waals surface area contributed by atoms with Gasteiger partial charge in [0.05, 0.1) is 4.90 Å². The number of carbonyl (C=O) groups is 1. The van der Waals surface area contributed by atoms with Gasteiger partial charge in [-0.2, -0.15) is 0 Å². The standard InChI is InChI=1S/C19H24N2O3S/c1-14-5-8-18(9-6-14)25(23,24)20-11-12-21(17(4)22)19-10-7-15(2)13-16(19)3/h5-10,13,20H,11-12H2,1-4H3. The van der Waals surface area contributed by atoms with Crippen LogP contribution in [0.1, 0.15) is 23.6 Å². The summed E-state index contributed by atoms with van der Waals surface area (Å²) in [7, 11) is -3.59. The quantitative estimate of drug-likeness (QED) is 0.861. The Morgan fingerprint density at radius 1 is 1.00 bits per heavy atom. The highest BCUT2D eigenvalue weighted by molar-refractivity contribution is 7.89. The second kappa shape index (κ2) is 7.80. The highest BCUT2D eigenvalue weighted by Gasteiger charge is 2.17. The predicted octanol–water partition coefficient (Wildman–Crippen LogP) is 2.94. The second-order valence-electron chi connectivity index (χ2n) is 6.17. The Morgan fingerprint density at radius 3 is 2.16 bits per heavy atom. The van der Waals surface area contributed by atoms with Gasteiger partial charge in [0, 0.05) is 25.7 Å². The number of rotatable bonds is 6. The topological polar surface area (TPSA) is 66.5 Å². The number of carbonyl (C=O) groups excluding carboxylic acids is 1. The Bertz CT molecular complexity index is 859. The molecule has 5 nitrogen and oxygen atoms in total. The third kappa shape index (κ3) is 4.90. The average Bonchev–Trinajstić information content (AvgIpc) is 2.52. The van der Waals surface area contributed by atoms with Crippen LogP contribution >= 0.6 is 0 Å². The van der Waals surface area contributed by atoms with Crippen LogP contribution in [0, 0.1) is 20.8 Å². The van der Waals surface area contributed by atoms with E-state index < -0.39 is 10.0 Å². The van der Waals surface area contributed by atoms with Crippen LogP contribution in [-0.4, -0.2) is 27.4 Å². The molecule has 2 rings (SSSR count). The molecule has 0 fully saturated rings. The molecule has 0 heterocycles. The van der Waals surface area contributed by atoms with Gasteiger partial charge in [-0.25, -0.2) is 13.1 Å². The van der Waals surface area contributed by atoms with Crippen molar-refractivity contribution < 1.29 is 13.2 Å². The summed E-state index contributed by atoms with van der Waals surface area (Å²) in [6.45, 7) is 7.72. The summed E-state index contributed by atoms with van der Waals surface area (Å²) in [4.78, 5) is 13.8. The summed E-state index contributed by atoms with van der Waals surface area (Å²) >= 11 is 0. The fourth-order valence-corrected chi connectivity index (χ4v) is 3.67. The number of nitrogens with one attached hydrogen (secondary N) is 1. The first kappa shape index (κ1) is 19.1. The van der Waals surface area contributed by atoms with Gasteiger partial charge >= 0.3 is 0 Å². The molecule has 0 aliphatic heterocycles. The fraction of sp³-hybridized carbons (Fsp3) is 0.316. The van der Waals surface area contributed by atoms with Crippen LogP contribution in [0.15, 0.2) is 47.4 Å². The zero-order valence-corrected chi connectivity index (χ0v) is 15.9. The van der Waals surface area contributed by atoms with E-state index in [2.05, 4.69) is 4.72 Å². The number of anilines is 1. The molecule has 0 saturated carbocycles. The molecule has 0 aliphatic carbocycles. The minimum absolute atomic E-state index is 0.124. The molecule has 0 aromatic heterocycles. The summed E-state index contributed by atoms with van der Waals surface area (Å²) in [5.41, 5.74) is 3.89. The van der Waals surface area contributed by atoms with Crippen LogP contribution in [0.3, 0.4) is 0 Å². The number of amides is 1. The Morgan fingerprint density at radius 2 is 1.60 bits per heavy atom. The molecule has 0 unspecified atom stereocenters. The van der Waals surface area contributed by atoms with Crippen molar-refractivity contribution in [2.45, 2.75) is 32.6 Å². The molecule has 0 spiro atoms. The Labute approximate surface area is 149 Å². The molecule has 0 radical (unpaired) electrons. The van der Waals surface area contributed by atoms with Crippen molar-refractivity contribution >= 4 is 21.6 Å². The van der Waals surface area contributed by atoms with Crippen molar-refractivity contribution in [2.75, 3.05) is 18.0 Å². The van der Waals surface area contributed by atoms with E-state index in [4.69, 9.17) is 0 Å². The van der Waals surface area contributed by atoms with E-state index in [-0.39, 0.29) is 23.9 Å². The van der Waals surface area contributed by atoms with E-state index in [0.717, 1.165) is 22.4 Å². The smallest absolute Gasteiger partial charge is 0.240 e. The SMILES string of the molecule is CC(=O)N(CCNS(=O)(=O)c1ccc(C)cc1)c1ccc(C)cc1C. The van der Waals surface area contributed by atoms with E-state index in [1.165, 1.54) is 6.92 Å². The summed E-state index contributed by atoms with van der Waals surface area (Å²) in [6, 6.07) is 12.5. The highest BCUT2D eigenvalue weighted by atomic mass is 32.2. The highest BCUT2D eigenvalue weighted by Crippen LogP contribution is 2.21. The van der Waals surface area contributed by atoms with Crippen LogP contribution in [-0.2, 0) is 14.8 Å². The average molecular weight is 360 g/mol. The first-order chi connectivity index (χ1) is 11.7. The predicted molar refractivity (Wildman–Crippen MR) is 100 cm³/mol. The van der Waals surface area contributed by atoms with Crippen molar-refractivity contribution in [3.8, 4) is 0 Å². The molecule has 0 saturated heterocycles. The zero-order chi connectivity index (χ0) is 18.6. The first-order valence-electron chi connectivity index (χ1n) is 8.12. The molecule has 0 bridgehead atoms. The van der Waals surface area contributed by atoms with Gasteiger partial charge in [-0.15, -0.1) is 0 Å². The lowest BCUT2D eigenvalue weighted by molar-refractivity contribution is -0.116. The van der Waals surface area contributed by atoms with Crippen LogP contribution in [0.2, 0.25) is 0 Å². The number of aryl methyl sites for hydroxylation is 3. The van der Waals surface area contributed by atoms with E-state index in [9.17, 15) is 13.2 Å². The maximum absolute atomic E-state index is 12.3. The molecule has 134 valence electrons. The van der Waals surface area contributed by atoms with Crippen molar-refractivity contribution in [2.24, 2.45) is 0 Å². The molecule has 2 aromatic carbocycles. The normalized spacial score (nSPS) is 11.4. The van der Waals surface area contributed by atoms with Crippen molar-refractivity contribution in [1.29, 1.82) is 0 Å². The lowest BCUT2D eigenvalue weighted by atomic mass is 10.1. The second-order valence-corrected chi connectivity index (χ2v) is 7.94. The molecule has 2 aromatic rings. The van der Waals surface area contributed by atoms with E-state index in [0.29, 0.717) is 0 Å². The molecule has 1 N–H and O–H groups in total. The van der Waals surface area contributed by atoms with Crippen LogP contribution in [0.5, 0.6) is 0 Å².